The zero-order valence-corrected chi connectivity index (χ0v) is 18.1. The summed E-state index contributed by atoms with van der Waals surface area (Å²) in [6.07, 6.45) is -2.89. The molecule has 1 aromatic rings. The van der Waals surface area contributed by atoms with Gasteiger partial charge in [0, 0.05) is 38.8 Å². The van der Waals surface area contributed by atoms with Gasteiger partial charge >= 0.3 is 11.9 Å². The summed E-state index contributed by atoms with van der Waals surface area (Å²) in [5.41, 5.74) is 0.0529. The summed E-state index contributed by atoms with van der Waals surface area (Å²) >= 11 is 0. The van der Waals surface area contributed by atoms with Gasteiger partial charge < -0.3 is 24.0 Å². The van der Waals surface area contributed by atoms with Crippen molar-refractivity contribution >= 4 is 29.4 Å². The largest absolute Gasteiger partial charge is 0.457 e. The highest BCUT2D eigenvalue weighted by Gasteiger charge is 2.44. The van der Waals surface area contributed by atoms with E-state index in [9.17, 15) is 19.2 Å². The lowest BCUT2D eigenvalue weighted by atomic mass is 10.1. The molecule has 0 radical (unpaired) electrons. The first kappa shape index (κ1) is 23.3. The van der Waals surface area contributed by atoms with Crippen LogP contribution in [0.25, 0.3) is 0 Å². The zero-order valence-electron chi connectivity index (χ0n) is 18.1. The lowest BCUT2D eigenvalue weighted by Gasteiger charge is -2.35. The lowest BCUT2D eigenvalue weighted by molar-refractivity contribution is -0.188. The van der Waals surface area contributed by atoms with Gasteiger partial charge in [0.2, 0.25) is 6.10 Å². The fourth-order valence-corrected chi connectivity index (χ4v) is 2.92. The summed E-state index contributed by atoms with van der Waals surface area (Å²) in [4.78, 5) is 52.4. The molecule has 2 amide bonds. The molecule has 1 aromatic carbocycles. The molecule has 0 unspecified atom stereocenters. The minimum atomic E-state index is -1.54. The molecular formula is C21H28N2O7. The van der Waals surface area contributed by atoms with Crippen molar-refractivity contribution in [1.29, 1.82) is 0 Å². The third kappa shape index (κ3) is 5.79. The second-order valence-corrected chi connectivity index (χ2v) is 8.09. The number of ether oxygens (including phenoxy) is 3. The van der Waals surface area contributed by atoms with E-state index in [1.54, 1.807) is 59.1 Å². The maximum atomic E-state index is 13.1. The molecule has 9 heteroatoms. The highest BCUT2D eigenvalue weighted by atomic mass is 16.6. The van der Waals surface area contributed by atoms with E-state index in [4.69, 9.17) is 14.2 Å². The molecule has 2 rings (SSSR count). The van der Waals surface area contributed by atoms with Crippen LogP contribution in [0.3, 0.4) is 0 Å². The first-order chi connectivity index (χ1) is 13.9. The predicted molar refractivity (Wildman–Crippen MR) is 108 cm³/mol. The molecule has 0 bridgehead atoms. The van der Waals surface area contributed by atoms with Gasteiger partial charge in [0.05, 0.1) is 6.61 Å². The third-order valence-electron chi connectivity index (χ3n) is 4.14. The van der Waals surface area contributed by atoms with Crippen LogP contribution in [0.4, 0.5) is 5.69 Å². The number of hydrogen-bond donors (Lipinski definition) is 0. The molecule has 2 atom stereocenters. The number of carbonyl (C=O) groups is 4. The van der Waals surface area contributed by atoms with E-state index in [1.165, 1.54) is 9.80 Å². The number of esters is 2. The van der Waals surface area contributed by atoms with E-state index in [-0.39, 0.29) is 19.1 Å². The summed E-state index contributed by atoms with van der Waals surface area (Å²) in [6.45, 7) is 6.47. The molecule has 0 aliphatic carbocycles. The zero-order chi connectivity index (χ0) is 22.6. The van der Waals surface area contributed by atoms with Gasteiger partial charge in [-0.15, -0.1) is 0 Å². The van der Waals surface area contributed by atoms with E-state index in [0.717, 1.165) is 6.92 Å². The Kier molecular flexibility index (Phi) is 7.20. The molecular weight excluding hydrogens is 392 g/mol. The van der Waals surface area contributed by atoms with Gasteiger partial charge in [-0.2, -0.15) is 0 Å². The summed E-state index contributed by atoms with van der Waals surface area (Å²) in [6, 6.07) is 6.59. The quantitative estimate of drug-likeness (QED) is 0.663. The molecule has 1 aliphatic rings. The van der Waals surface area contributed by atoms with Crippen LogP contribution in [0.15, 0.2) is 24.3 Å². The first-order valence-electron chi connectivity index (χ1n) is 9.55. The standard InChI is InChI=1S/C21H28N2O7/c1-13(24)29-17(20(27)30-21(2,3)4)16-19(26)23(10-11-28-16)15-9-7-8-14(12-15)18(25)22(5)6/h7-9,12,16-17H,10-11H2,1-6H3/t16-,17-/m1/s1. The predicted octanol–water partition coefficient (Wildman–Crippen LogP) is 1.39. The molecule has 30 heavy (non-hydrogen) atoms. The van der Waals surface area contributed by atoms with Crippen molar-refractivity contribution in [3.05, 3.63) is 29.8 Å². The monoisotopic (exact) mass is 420 g/mol. The molecule has 9 nitrogen and oxygen atoms in total. The van der Waals surface area contributed by atoms with Crippen molar-refractivity contribution in [2.45, 2.75) is 45.5 Å². The van der Waals surface area contributed by atoms with Crippen LogP contribution in [-0.2, 0) is 28.6 Å². The Balaban J connectivity index is 2.32. The number of carbonyl (C=O) groups excluding carboxylic acids is 4. The molecule has 1 aliphatic heterocycles. The van der Waals surface area contributed by atoms with Crippen LogP contribution in [0.1, 0.15) is 38.1 Å². The minimum absolute atomic E-state index is 0.114. The average molecular weight is 420 g/mol. The minimum Gasteiger partial charge on any atom is -0.457 e. The molecule has 0 saturated carbocycles. The second kappa shape index (κ2) is 9.25. The molecule has 0 spiro atoms. The molecule has 1 heterocycles. The summed E-state index contributed by atoms with van der Waals surface area (Å²) < 4.78 is 15.9. The van der Waals surface area contributed by atoms with Crippen molar-refractivity contribution in [3.8, 4) is 0 Å². The van der Waals surface area contributed by atoms with Gasteiger partial charge in [-0.1, -0.05) is 6.07 Å². The molecule has 0 aromatic heterocycles. The lowest BCUT2D eigenvalue weighted by Crippen LogP contribution is -2.56. The smallest absolute Gasteiger partial charge is 0.351 e. The van der Waals surface area contributed by atoms with Crippen molar-refractivity contribution in [2.75, 3.05) is 32.1 Å². The van der Waals surface area contributed by atoms with E-state index < -0.39 is 35.7 Å². The fraction of sp³-hybridized carbons (Fsp3) is 0.524. The Hall–Kier alpha value is -2.94. The third-order valence-corrected chi connectivity index (χ3v) is 4.14. The highest BCUT2D eigenvalue weighted by molar-refractivity contribution is 6.02. The van der Waals surface area contributed by atoms with Crippen molar-refractivity contribution in [1.82, 2.24) is 4.90 Å². The first-order valence-corrected chi connectivity index (χ1v) is 9.55. The van der Waals surface area contributed by atoms with Crippen LogP contribution in [0.2, 0.25) is 0 Å². The maximum absolute atomic E-state index is 13.1. The average Bonchev–Trinajstić information content (AvgIpc) is 2.64. The normalized spacial score (nSPS) is 17.9. The van der Waals surface area contributed by atoms with E-state index in [1.807, 2.05) is 0 Å². The van der Waals surface area contributed by atoms with Crippen LogP contribution >= 0.6 is 0 Å². The van der Waals surface area contributed by atoms with Gasteiger partial charge in [-0.25, -0.2) is 4.79 Å². The number of amides is 2. The Labute approximate surface area is 175 Å². The van der Waals surface area contributed by atoms with Gasteiger partial charge in [0.1, 0.15) is 5.60 Å². The van der Waals surface area contributed by atoms with Gasteiger partial charge in [0.25, 0.3) is 11.8 Å². The van der Waals surface area contributed by atoms with Gasteiger partial charge in [-0.05, 0) is 39.0 Å². The van der Waals surface area contributed by atoms with Crippen LogP contribution in [0, 0.1) is 0 Å². The van der Waals surface area contributed by atoms with Gasteiger partial charge in [0.15, 0.2) is 6.10 Å². The summed E-state index contributed by atoms with van der Waals surface area (Å²) in [5, 5.41) is 0. The fourth-order valence-electron chi connectivity index (χ4n) is 2.92. The maximum Gasteiger partial charge on any atom is 0.351 e. The number of morpholine rings is 1. The number of benzene rings is 1. The molecule has 1 saturated heterocycles. The van der Waals surface area contributed by atoms with Crippen molar-refractivity contribution < 1.29 is 33.4 Å². The Morgan fingerprint density at radius 2 is 1.90 bits per heavy atom. The number of hydrogen-bond acceptors (Lipinski definition) is 7. The summed E-state index contributed by atoms with van der Waals surface area (Å²) in [5.74, 6) is -2.37. The van der Waals surface area contributed by atoms with Crippen LogP contribution in [0.5, 0.6) is 0 Å². The Morgan fingerprint density at radius 1 is 1.23 bits per heavy atom. The van der Waals surface area contributed by atoms with E-state index in [0.29, 0.717) is 11.3 Å². The van der Waals surface area contributed by atoms with Crippen molar-refractivity contribution in [3.63, 3.8) is 0 Å². The topological polar surface area (TPSA) is 102 Å². The second-order valence-electron chi connectivity index (χ2n) is 8.09. The highest BCUT2D eigenvalue weighted by Crippen LogP contribution is 2.24. The van der Waals surface area contributed by atoms with E-state index in [2.05, 4.69) is 0 Å². The number of anilines is 1. The Morgan fingerprint density at radius 3 is 2.47 bits per heavy atom. The number of nitrogens with zero attached hydrogens (tertiary/aromatic N) is 2. The Bertz CT molecular complexity index is 829. The molecule has 1 fully saturated rings. The van der Waals surface area contributed by atoms with Crippen LogP contribution < -0.4 is 4.90 Å². The molecule has 164 valence electrons. The van der Waals surface area contributed by atoms with E-state index >= 15 is 0 Å². The molecule has 0 N–H and O–H groups in total. The van der Waals surface area contributed by atoms with Crippen LogP contribution in [-0.4, -0.2) is 73.7 Å². The summed E-state index contributed by atoms with van der Waals surface area (Å²) in [7, 11) is 3.27. The number of rotatable bonds is 5. The van der Waals surface area contributed by atoms with Crippen molar-refractivity contribution in [2.24, 2.45) is 0 Å². The SMILES string of the molecule is CC(=O)O[C@@H](C(=O)OC(C)(C)C)[C@H]1OCCN(c2cccc(C(=O)N(C)C)c2)C1=O. The van der Waals surface area contributed by atoms with Gasteiger partial charge in [-0.3, -0.25) is 14.4 Å².